The Labute approximate surface area is 157 Å². The summed E-state index contributed by atoms with van der Waals surface area (Å²) in [6.07, 6.45) is 4.67. The van der Waals surface area contributed by atoms with Crippen molar-refractivity contribution in [1.82, 2.24) is 15.3 Å². The number of sulfonamides is 1. The second-order valence-corrected chi connectivity index (χ2v) is 8.17. The summed E-state index contributed by atoms with van der Waals surface area (Å²) in [7, 11) is -4.03. The summed E-state index contributed by atoms with van der Waals surface area (Å²) in [6, 6.07) is 5.97. The summed E-state index contributed by atoms with van der Waals surface area (Å²) < 4.78 is 27.7. The molecule has 2 aromatic rings. The van der Waals surface area contributed by atoms with E-state index < -0.39 is 10.0 Å². The number of anilines is 1. The van der Waals surface area contributed by atoms with Gasteiger partial charge in [0.25, 0.3) is 10.0 Å². The highest BCUT2D eigenvalue weighted by atomic mass is 35.5. The van der Waals surface area contributed by atoms with Crippen LogP contribution in [0.15, 0.2) is 35.4 Å². The molecule has 1 aromatic carbocycles. The molecule has 138 valence electrons. The minimum absolute atomic E-state index is 0.0209. The molecular formula is C17H19ClN4O3S. The molecule has 0 spiro atoms. The second kappa shape index (κ2) is 7.69. The Morgan fingerprint density at radius 3 is 2.81 bits per heavy atom. The molecule has 0 saturated carbocycles. The van der Waals surface area contributed by atoms with E-state index in [1.165, 1.54) is 31.3 Å². The van der Waals surface area contributed by atoms with E-state index in [-0.39, 0.29) is 33.3 Å². The molecule has 1 saturated heterocycles. The average Bonchev–Trinajstić information content (AvgIpc) is 2.62. The molecule has 0 radical (unpaired) electrons. The molecular weight excluding hydrogens is 376 g/mol. The Hall–Kier alpha value is -2.03. The number of rotatable bonds is 5. The lowest BCUT2D eigenvalue weighted by molar-refractivity contribution is 0.101. The number of carbonyl (C=O) groups excluding carboxylic acids is 1. The van der Waals surface area contributed by atoms with Crippen LogP contribution >= 0.6 is 11.6 Å². The summed E-state index contributed by atoms with van der Waals surface area (Å²) in [5, 5.41) is 3.38. The maximum Gasteiger partial charge on any atom is 0.265 e. The highest BCUT2D eigenvalue weighted by molar-refractivity contribution is 7.92. The number of piperidine rings is 1. The van der Waals surface area contributed by atoms with Crippen LogP contribution in [0.5, 0.6) is 0 Å². The van der Waals surface area contributed by atoms with E-state index in [1.807, 2.05) is 0 Å². The summed E-state index contributed by atoms with van der Waals surface area (Å²) in [5.41, 5.74) is 0.997. The first-order chi connectivity index (χ1) is 12.4. The first kappa shape index (κ1) is 18.8. The predicted molar refractivity (Wildman–Crippen MR) is 98.9 cm³/mol. The van der Waals surface area contributed by atoms with Gasteiger partial charge in [-0.3, -0.25) is 4.79 Å². The molecule has 0 amide bonds. The first-order valence-electron chi connectivity index (χ1n) is 8.26. The van der Waals surface area contributed by atoms with Crippen LogP contribution in [0.1, 0.15) is 48.3 Å². The van der Waals surface area contributed by atoms with E-state index in [2.05, 4.69) is 20.0 Å². The molecule has 1 aromatic heterocycles. The third-order valence-electron chi connectivity index (χ3n) is 4.20. The Bertz CT molecular complexity index is 927. The van der Waals surface area contributed by atoms with Gasteiger partial charge in [0, 0.05) is 17.8 Å². The van der Waals surface area contributed by atoms with Crippen LogP contribution in [0.3, 0.4) is 0 Å². The van der Waals surface area contributed by atoms with E-state index in [9.17, 15) is 13.2 Å². The zero-order valence-electron chi connectivity index (χ0n) is 14.2. The fraction of sp³-hybridized carbons (Fsp3) is 0.353. The van der Waals surface area contributed by atoms with Gasteiger partial charge in [-0.25, -0.2) is 23.1 Å². The van der Waals surface area contributed by atoms with Crippen LogP contribution in [-0.4, -0.2) is 30.7 Å². The van der Waals surface area contributed by atoms with Crippen molar-refractivity contribution in [3.05, 3.63) is 46.7 Å². The quantitative estimate of drug-likeness (QED) is 0.756. The van der Waals surface area contributed by atoms with Crippen molar-refractivity contribution < 1.29 is 13.2 Å². The molecule has 1 fully saturated rings. The number of benzene rings is 1. The fourth-order valence-corrected chi connectivity index (χ4v) is 4.30. The number of halogens is 1. The Morgan fingerprint density at radius 2 is 2.12 bits per heavy atom. The number of Topliss-reactive ketones (excluding diaryl/α,β-unsaturated/α-hetero) is 1. The Kier molecular flexibility index (Phi) is 5.55. The normalized spacial score (nSPS) is 17.7. The molecule has 9 heteroatoms. The second-order valence-electron chi connectivity index (χ2n) is 6.11. The van der Waals surface area contributed by atoms with Gasteiger partial charge in [-0.15, -0.1) is 0 Å². The molecule has 0 bridgehead atoms. The smallest absolute Gasteiger partial charge is 0.265 e. The average molecular weight is 395 g/mol. The summed E-state index contributed by atoms with van der Waals surface area (Å²) >= 11 is 6.02. The van der Waals surface area contributed by atoms with E-state index >= 15 is 0 Å². The zero-order valence-corrected chi connectivity index (χ0v) is 15.8. The lowest BCUT2D eigenvalue weighted by Crippen LogP contribution is -2.28. The van der Waals surface area contributed by atoms with Crippen LogP contribution < -0.4 is 10.0 Å². The third kappa shape index (κ3) is 4.20. The van der Waals surface area contributed by atoms with Gasteiger partial charge in [-0.05, 0) is 50.6 Å². The monoisotopic (exact) mass is 394 g/mol. The van der Waals surface area contributed by atoms with Crippen LogP contribution in [0.4, 0.5) is 5.95 Å². The van der Waals surface area contributed by atoms with Crippen molar-refractivity contribution in [2.24, 2.45) is 0 Å². The number of hydrogen-bond donors (Lipinski definition) is 2. The Morgan fingerprint density at radius 1 is 1.31 bits per heavy atom. The van der Waals surface area contributed by atoms with Crippen LogP contribution in [0, 0.1) is 0 Å². The molecule has 26 heavy (non-hydrogen) atoms. The van der Waals surface area contributed by atoms with Gasteiger partial charge in [0.2, 0.25) is 5.95 Å². The number of hydrogen-bond acceptors (Lipinski definition) is 6. The van der Waals surface area contributed by atoms with Crippen LogP contribution in [0.2, 0.25) is 5.02 Å². The van der Waals surface area contributed by atoms with Gasteiger partial charge in [0.15, 0.2) is 5.78 Å². The van der Waals surface area contributed by atoms with Crippen LogP contribution in [0.25, 0.3) is 0 Å². The van der Waals surface area contributed by atoms with E-state index in [0.717, 1.165) is 31.5 Å². The number of ketones is 1. The van der Waals surface area contributed by atoms with E-state index in [0.29, 0.717) is 0 Å². The van der Waals surface area contributed by atoms with Gasteiger partial charge in [-0.1, -0.05) is 18.0 Å². The molecule has 1 unspecified atom stereocenters. The van der Waals surface area contributed by atoms with Gasteiger partial charge < -0.3 is 5.32 Å². The summed E-state index contributed by atoms with van der Waals surface area (Å²) in [6.45, 7) is 2.26. The number of nitrogens with one attached hydrogen (secondary N) is 2. The minimum atomic E-state index is -4.03. The van der Waals surface area contributed by atoms with Crippen molar-refractivity contribution in [2.45, 2.75) is 37.1 Å². The molecule has 2 heterocycles. The molecule has 1 atom stereocenters. The highest BCUT2D eigenvalue weighted by Crippen LogP contribution is 2.26. The SMILES string of the molecule is CC(=O)c1ccc(Cl)c(S(=O)(=O)Nc2nccc(C3CCCCN3)n2)c1. The van der Waals surface area contributed by atoms with Crippen molar-refractivity contribution in [3.63, 3.8) is 0 Å². The Balaban J connectivity index is 1.88. The molecule has 7 nitrogen and oxygen atoms in total. The van der Waals surface area contributed by atoms with Gasteiger partial charge in [0.05, 0.1) is 10.7 Å². The predicted octanol–water partition coefficient (Wildman–Crippen LogP) is 2.95. The van der Waals surface area contributed by atoms with E-state index in [1.54, 1.807) is 6.07 Å². The maximum absolute atomic E-state index is 12.7. The van der Waals surface area contributed by atoms with Crippen molar-refractivity contribution in [3.8, 4) is 0 Å². The lowest BCUT2D eigenvalue weighted by Gasteiger charge is -2.23. The maximum atomic E-state index is 12.7. The largest absolute Gasteiger partial charge is 0.309 e. The van der Waals surface area contributed by atoms with Crippen molar-refractivity contribution in [1.29, 1.82) is 0 Å². The third-order valence-corrected chi connectivity index (χ3v) is 6.01. The fourth-order valence-electron chi connectivity index (χ4n) is 2.82. The number of aromatic nitrogens is 2. The van der Waals surface area contributed by atoms with Gasteiger partial charge in [0.1, 0.15) is 4.90 Å². The first-order valence-corrected chi connectivity index (χ1v) is 10.1. The summed E-state index contributed by atoms with van der Waals surface area (Å²) in [4.78, 5) is 19.7. The van der Waals surface area contributed by atoms with Crippen molar-refractivity contribution >= 4 is 33.4 Å². The van der Waals surface area contributed by atoms with Gasteiger partial charge in [-0.2, -0.15) is 0 Å². The highest BCUT2D eigenvalue weighted by Gasteiger charge is 2.22. The van der Waals surface area contributed by atoms with Gasteiger partial charge >= 0.3 is 0 Å². The minimum Gasteiger partial charge on any atom is -0.309 e. The standard InChI is InChI=1S/C17H19ClN4O3S/c1-11(23)12-5-6-13(18)16(10-12)26(24,25)22-17-20-9-7-15(21-17)14-4-2-3-8-19-14/h5-7,9-10,14,19H,2-4,8H2,1H3,(H,20,21,22). The van der Waals surface area contributed by atoms with E-state index in [4.69, 9.17) is 11.6 Å². The summed E-state index contributed by atoms with van der Waals surface area (Å²) in [5.74, 6) is -0.279. The molecule has 2 N–H and O–H groups in total. The number of carbonyl (C=O) groups is 1. The van der Waals surface area contributed by atoms with Crippen LogP contribution in [-0.2, 0) is 10.0 Å². The zero-order chi connectivity index (χ0) is 18.7. The molecule has 1 aliphatic rings. The molecule has 1 aliphatic heterocycles. The topological polar surface area (TPSA) is 101 Å². The molecule has 3 rings (SSSR count). The number of nitrogens with zero attached hydrogens (tertiary/aromatic N) is 2. The lowest BCUT2D eigenvalue weighted by atomic mass is 10.0. The molecule has 0 aliphatic carbocycles. The van der Waals surface area contributed by atoms with Crippen molar-refractivity contribution in [2.75, 3.05) is 11.3 Å².